The largest absolute Gasteiger partial charge is 0.385 e. The molecule has 0 aromatic heterocycles. The lowest BCUT2D eigenvalue weighted by atomic mass is 9.82. The highest BCUT2D eigenvalue weighted by atomic mass is 35.5. The molecule has 0 saturated carbocycles. The first kappa shape index (κ1) is 11.0. The standard InChI is InChI=1S/C11H12ClN3O/c1-11(9(13)14-15-10(11)16)6-7-2-4-8(12)5-3-7/h2-5H,6H2,1H3,(H2,13,14)(H,15,16). The minimum absolute atomic E-state index is 0.167. The molecule has 0 radical (unpaired) electrons. The van der Waals surface area contributed by atoms with Gasteiger partial charge in [0, 0.05) is 5.02 Å². The normalized spacial score (nSPS) is 24.1. The Morgan fingerprint density at radius 3 is 2.56 bits per heavy atom. The van der Waals surface area contributed by atoms with E-state index in [-0.39, 0.29) is 5.91 Å². The number of rotatable bonds is 2. The predicted octanol–water partition coefficient (Wildman–Crippen LogP) is 1.29. The second-order valence-electron chi connectivity index (χ2n) is 4.07. The van der Waals surface area contributed by atoms with Crippen LogP contribution in [-0.2, 0) is 11.2 Å². The summed E-state index contributed by atoms with van der Waals surface area (Å²) >= 11 is 5.79. The van der Waals surface area contributed by atoms with Crippen LogP contribution < -0.4 is 11.2 Å². The average Bonchev–Trinajstić information content (AvgIpc) is 2.50. The molecule has 0 spiro atoms. The third kappa shape index (κ3) is 1.76. The van der Waals surface area contributed by atoms with Gasteiger partial charge in [-0.25, -0.2) is 5.43 Å². The molecule has 2 rings (SSSR count). The van der Waals surface area contributed by atoms with Gasteiger partial charge in [0.15, 0.2) is 0 Å². The summed E-state index contributed by atoms with van der Waals surface area (Å²) in [6.45, 7) is 1.78. The maximum Gasteiger partial charge on any atom is 0.254 e. The molecular weight excluding hydrogens is 226 g/mol. The van der Waals surface area contributed by atoms with E-state index in [1.807, 2.05) is 12.1 Å². The summed E-state index contributed by atoms with van der Waals surface area (Å²) in [6.07, 6.45) is 0.519. The Bertz CT molecular complexity index is 455. The summed E-state index contributed by atoms with van der Waals surface area (Å²) in [5.41, 5.74) is 8.36. The van der Waals surface area contributed by atoms with Crippen molar-refractivity contribution in [2.24, 2.45) is 16.3 Å². The fourth-order valence-corrected chi connectivity index (χ4v) is 1.78. The Balaban J connectivity index is 2.24. The van der Waals surface area contributed by atoms with Crippen molar-refractivity contribution >= 4 is 23.3 Å². The monoisotopic (exact) mass is 237 g/mol. The van der Waals surface area contributed by atoms with Crippen LogP contribution in [0.3, 0.4) is 0 Å². The molecule has 1 atom stereocenters. The van der Waals surface area contributed by atoms with Gasteiger partial charge in [0.25, 0.3) is 5.91 Å². The van der Waals surface area contributed by atoms with Crippen molar-refractivity contribution in [2.75, 3.05) is 0 Å². The smallest absolute Gasteiger partial charge is 0.254 e. The van der Waals surface area contributed by atoms with E-state index in [0.717, 1.165) is 5.56 Å². The number of benzene rings is 1. The Hall–Kier alpha value is -1.55. The van der Waals surface area contributed by atoms with Crippen LogP contribution in [0.1, 0.15) is 12.5 Å². The molecule has 0 aliphatic carbocycles. The van der Waals surface area contributed by atoms with E-state index >= 15 is 0 Å². The lowest BCUT2D eigenvalue weighted by Crippen LogP contribution is -2.41. The molecule has 0 fully saturated rings. The van der Waals surface area contributed by atoms with Crippen LogP contribution in [0.15, 0.2) is 29.4 Å². The van der Waals surface area contributed by atoms with Gasteiger partial charge in [-0.15, -0.1) is 0 Å². The number of carbonyl (C=O) groups excluding carboxylic acids is 1. The van der Waals surface area contributed by atoms with Gasteiger partial charge in [-0.1, -0.05) is 23.7 Å². The highest BCUT2D eigenvalue weighted by molar-refractivity contribution is 6.30. The Morgan fingerprint density at radius 1 is 1.44 bits per heavy atom. The Labute approximate surface area is 98.5 Å². The zero-order chi connectivity index (χ0) is 11.8. The highest BCUT2D eigenvalue weighted by Gasteiger charge is 2.41. The van der Waals surface area contributed by atoms with Crippen molar-refractivity contribution < 1.29 is 4.79 Å². The fourth-order valence-electron chi connectivity index (χ4n) is 1.66. The first-order valence-corrected chi connectivity index (χ1v) is 5.29. The zero-order valence-corrected chi connectivity index (χ0v) is 9.58. The molecular formula is C11H12ClN3O. The van der Waals surface area contributed by atoms with Crippen molar-refractivity contribution in [1.29, 1.82) is 0 Å². The first-order valence-electron chi connectivity index (χ1n) is 4.91. The van der Waals surface area contributed by atoms with Crippen molar-refractivity contribution in [2.45, 2.75) is 13.3 Å². The number of hydrazone groups is 1. The number of nitrogens with one attached hydrogen (secondary N) is 1. The van der Waals surface area contributed by atoms with Crippen molar-refractivity contribution in [3.05, 3.63) is 34.9 Å². The number of amidine groups is 1. The summed E-state index contributed by atoms with van der Waals surface area (Å²) in [5.74, 6) is 0.160. The molecule has 84 valence electrons. The molecule has 1 heterocycles. The lowest BCUT2D eigenvalue weighted by molar-refractivity contribution is -0.125. The van der Waals surface area contributed by atoms with Crippen LogP contribution in [0, 0.1) is 5.41 Å². The third-order valence-corrected chi connectivity index (χ3v) is 3.07. The second-order valence-corrected chi connectivity index (χ2v) is 4.51. The van der Waals surface area contributed by atoms with Gasteiger partial charge in [0.1, 0.15) is 11.3 Å². The summed E-state index contributed by atoms with van der Waals surface area (Å²) < 4.78 is 0. The molecule has 1 aliphatic heterocycles. The minimum atomic E-state index is -0.756. The maximum absolute atomic E-state index is 11.6. The first-order chi connectivity index (χ1) is 7.52. The number of nitrogens with zero attached hydrogens (tertiary/aromatic N) is 1. The quantitative estimate of drug-likeness (QED) is 0.814. The molecule has 16 heavy (non-hydrogen) atoms. The zero-order valence-electron chi connectivity index (χ0n) is 8.83. The van der Waals surface area contributed by atoms with Gasteiger partial charge in [-0.2, -0.15) is 5.10 Å². The summed E-state index contributed by atoms with van der Waals surface area (Å²) in [5, 5.41) is 4.43. The molecule has 3 N–H and O–H groups in total. The van der Waals surface area contributed by atoms with Crippen molar-refractivity contribution in [1.82, 2.24) is 5.43 Å². The van der Waals surface area contributed by atoms with Crippen LogP contribution in [0.25, 0.3) is 0 Å². The Morgan fingerprint density at radius 2 is 2.06 bits per heavy atom. The van der Waals surface area contributed by atoms with Gasteiger partial charge in [0.05, 0.1) is 0 Å². The van der Waals surface area contributed by atoms with E-state index < -0.39 is 5.41 Å². The summed E-state index contributed by atoms with van der Waals surface area (Å²) in [6, 6.07) is 7.35. The van der Waals surface area contributed by atoms with Crippen LogP contribution in [0.5, 0.6) is 0 Å². The third-order valence-electron chi connectivity index (χ3n) is 2.82. The van der Waals surface area contributed by atoms with Crippen LogP contribution in [0.2, 0.25) is 5.02 Å². The number of nitrogens with two attached hydrogens (primary N) is 1. The maximum atomic E-state index is 11.6. The lowest BCUT2D eigenvalue weighted by Gasteiger charge is -2.20. The van der Waals surface area contributed by atoms with Crippen LogP contribution in [-0.4, -0.2) is 11.7 Å². The van der Waals surface area contributed by atoms with Gasteiger partial charge >= 0.3 is 0 Å². The van der Waals surface area contributed by atoms with Gasteiger partial charge in [0.2, 0.25) is 0 Å². The van der Waals surface area contributed by atoms with E-state index in [9.17, 15) is 4.79 Å². The molecule has 1 aromatic rings. The summed E-state index contributed by atoms with van der Waals surface area (Å²) in [4.78, 5) is 11.6. The van der Waals surface area contributed by atoms with Gasteiger partial charge in [-0.3, -0.25) is 4.79 Å². The molecule has 1 amide bonds. The van der Waals surface area contributed by atoms with E-state index in [2.05, 4.69) is 10.5 Å². The van der Waals surface area contributed by atoms with Gasteiger partial charge in [-0.05, 0) is 31.0 Å². The molecule has 4 nitrogen and oxygen atoms in total. The van der Waals surface area contributed by atoms with Crippen molar-refractivity contribution in [3.63, 3.8) is 0 Å². The number of hydrogen-bond donors (Lipinski definition) is 2. The molecule has 1 unspecified atom stereocenters. The SMILES string of the molecule is CC1(Cc2ccc(Cl)cc2)C(=O)NN=C1N. The predicted molar refractivity (Wildman–Crippen MR) is 63.0 cm³/mol. The number of amides is 1. The minimum Gasteiger partial charge on any atom is -0.385 e. The van der Waals surface area contributed by atoms with Crippen molar-refractivity contribution in [3.8, 4) is 0 Å². The molecule has 5 heteroatoms. The Kier molecular flexibility index (Phi) is 2.59. The molecule has 1 aromatic carbocycles. The van der Waals surface area contributed by atoms with E-state index in [0.29, 0.717) is 17.3 Å². The number of halogens is 1. The second kappa shape index (κ2) is 3.79. The number of hydrogen-bond acceptors (Lipinski definition) is 3. The number of carbonyl (C=O) groups is 1. The van der Waals surface area contributed by atoms with Gasteiger partial charge < -0.3 is 5.73 Å². The summed E-state index contributed by atoms with van der Waals surface area (Å²) in [7, 11) is 0. The fraction of sp³-hybridized carbons (Fsp3) is 0.273. The van der Waals surface area contributed by atoms with E-state index in [4.69, 9.17) is 17.3 Å². The molecule has 1 aliphatic rings. The molecule has 0 bridgehead atoms. The van der Waals surface area contributed by atoms with Crippen LogP contribution >= 0.6 is 11.6 Å². The van der Waals surface area contributed by atoms with E-state index in [1.54, 1.807) is 19.1 Å². The highest BCUT2D eigenvalue weighted by Crippen LogP contribution is 2.26. The van der Waals surface area contributed by atoms with Crippen LogP contribution in [0.4, 0.5) is 0 Å². The van der Waals surface area contributed by atoms with E-state index in [1.165, 1.54) is 0 Å². The topological polar surface area (TPSA) is 67.5 Å². The molecule has 0 saturated heterocycles. The average molecular weight is 238 g/mol.